The molecular formula is C17H21FN2O. The largest absolute Gasteiger partial charge is 0.489 e. The summed E-state index contributed by atoms with van der Waals surface area (Å²) in [5.41, 5.74) is 2.82. The first kappa shape index (κ1) is 15.4. The van der Waals surface area contributed by atoms with Crippen LogP contribution in [-0.2, 0) is 6.54 Å². The summed E-state index contributed by atoms with van der Waals surface area (Å²) in [6.45, 7) is 7.43. The van der Waals surface area contributed by atoms with Gasteiger partial charge in [-0.3, -0.25) is 4.98 Å². The van der Waals surface area contributed by atoms with Gasteiger partial charge in [0.15, 0.2) is 0 Å². The third kappa shape index (κ3) is 4.26. The zero-order valence-electron chi connectivity index (χ0n) is 12.7. The minimum Gasteiger partial charge on any atom is -0.489 e. The van der Waals surface area contributed by atoms with Crippen molar-refractivity contribution in [1.82, 2.24) is 10.3 Å². The van der Waals surface area contributed by atoms with Crippen LogP contribution in [0.4, 0.5) is 4.39 Å². The Kier molecular flexibility index (Phi) is 5.28. The van der Waals surface area contributed by atoms with E-state index < -0.39 is 0 Å². The van der Waals surface area contributed by atoms with Gasteiger partial charge in [0.25, 0.3) is 0 Å². The molecule has 2 aromatic rings. The minimum absolute atomic E-state index is 0.0940. The fourth-order valence-corrected chi connectivity index (χ4v) is 2.15. The predicted molar refractivity (Wildman–Crippen MR) is 82.8 cm³/mol. The molecule has 1 N–H and O–H groups in total. The van der Waals surface area contributed by atoms with Crippen molar-refractivity contribution in [3.63, 3.8) is 0 Å². The first-order valence-corrected chi connectivity index (χ1v) is 7.21. The summed E-state index contributed by atoms with van der Waals surface area (Å²) in [6.07, 6.45) is 3.56. The van der Waals surface area contributed by atoms with E-state index in [-0.39, 0.29) is 11.9 Å². The number of hydrogen-bond acceptors (Lipinski definition) is 3. The molecule has 0 fully saturated rings. The Labute approximate surface area is 125 Å². The standard InChI is InChI=1S/C17H21FN2O/c1-4-19-9-13-7-15(18)5-6-17(13)14-8-16(11-20-10-14)21-12(2)3/h5-8,10-12,19H,4,9H2,1-3H3. The number of nitrogens with zero attached hydrogens (tertiary/aromatic N) is 1. The lowest BCUT2D eigenvalue weighted by atomic mass is 10.0. The number of pyridine rings is 1. The Hall–Kier alpha value is -1.94. The van der Waals surface area contributed by atoms with Gasteiger partial charge >= 0.3 is 0 Å². The van der Waals surface area contributed by atoms with E-state index in [1.807, 2.05) is 26.8 Å². The van der Waals surface area contributed by atoms with Crippen LogP contribution in [0.3, 0.4) is 0 Å². The molecule has 0 aliphatic heterocycles. The molecular weight excluding hydrogens is 267 g/mol. The lowest BCUT2D eigenvalue weighted by Gasteiger charge is -2.13. The zero-order chi connectivity index (χ0) is 15.2. The van der Waals surface area contributed by atoms with Crippen LogP contribution in [0.5, 0.6) is 5.75 Å². The van der Waals surface area contributed by atoms with E-state index in [0.717, 1.165) is 29.0 Å². The lowest BCUT2D eigenvalue weighted by molar-refractivity contribution is 0.241. The van der Waals surface area contributed by atoms with Crippen molar-refractivity contribution in [2.24, 2.45) is 0 Å². The smallest absolute Gasteiger partial charge is 0.138 e. The van der Waals surface area contributed by atoms with Crippen LogP contribution < -0.4 is 10.1 Å². The van der Waals surface area contributed by atoms with Gasteiger partial charge < -0.3 is 10.1 Å². The summed E-state index contributed by atoms with van der Waals surface area (Å²) in [5.74, 6) is 0.496. The summed E-state index contributed by atoms with van der Waals surface area (Å²) in [5, 5.41) is 3.23. The van der Waals surface area contributed by atoms with Crippen molar-refractivity contribution in [2.75, 3.05) is 6.54 Å². The van der Waals surface area contributed by atoms with Crippen LogP contribution in [0.1, 0.15) is 26.3 Å². The highest BCUT2D eigenvalue weighted by atomic mass is 19.1. The number of benzene rings is 1. The number of ether oxygens (including phenoxy) is 1. The van der Waals surface area contributed by atoms with Crippen molar-refractivity contribution >= 4 is 0 Å². The molecule has 0 bridgehead atoms. The maximum Gasteiger partial charge on any atom is 0.138 e. The van der Waals surface area contributed by atoms with Gasteiger partial charge in [-0.05, 0) is 49.7 Å². The van der Waals surface area contributed by atoms with E-state index in [1.165, 1.54) is 6.07 Å². The second-order valence-electron chi connectivity index (χ2n) is 5.16. The first-order valence-electron chi connectivity index (χ1n) is 7.21. The molecule has 0 saturated carbocycles. The van der Waals surface area contributed by atoms with Crippen molar-refractivity contribution < 1.29 is 9.13 Å². The van der Waals surface area contributed by atoms with E-state index in [4.69, 9.17) is 4.74 Å². The fourth-order valence-electron chi connectivity index (χ4n) is 2.15. The Balaban J connectivity index is 2.36. The molecule has 0 saturated heterocycles. The van der Waals surface area contributed by atoms with Crippen LogP contribution >= 0.6 is 0 Å². The second-order valence-corrected chi connectivity index (χ2v) is 5.16. The highest BCUT2D eigenvalue weighted by Crippen LogP contribution is 2.27. The number of hydrogen-bond donors (Lipinski definition) is 1. The molecule has 112 valence electrons. The van der Waals surface area contributed by atoms with Crippen LogP contribution in [0.15, 0.2) is 36.7 Å². The molecule has 21 heavy (non-hydrogen) atoms. The predicted octanol–water partition coefficient (Wildman–Crippen LogP) is 3.78. The molecule has 0 spiro atoms. The zero-order valence-corrected chi connectivity index (χ0v) is 12.7. The second kappa shape index (κ2) is 7.18. The molecule has 0 aliphatic rings. The monoisotopic (exact) mass is 288 g/mol. The number of aromatic nitrogens is 1. The van der Waals surface area contributed by atoms with Crippen LogP contribution in [0.2, 0.25) is 0 Å². The van der Waals surface area contributed by atoms with E-state index in [9.17, 15) is 4.39 Å². The minimum atomic E-state index is -0.228. The third-order valence-electron chi connectivity index (χ3n) is 3.03. The summed E-state index contributed by atoms with van der Waals surface area (Å²) in [4.78, 5) is 4.22. The maximum atomic E-state index is 13.5. The van der Waals surface area contributed by atoms with Crippen LogP contribution in [0, 0.1) is 5.82 Å². The summed E-state index contributed by atoms with van der Waals surface area (Å²) in [7, 11) is 0. The van der Waals surface area contributed by atoms with Gasteiger partial charge in [-0.15, -0.1) is 0 Å². The van der Waals surface area contributed by atoms with E-state index >= 15 is 0 Å². The summed E-state index contributed by atoms with van der Waals surface area (Å²) < 4.78 is 19.1. The van der Waals surface area contributed by atoms with Gasteiger partial charge in [0.1, 0.15) is 11.6 Å². The van der Waals surface area contributed by atoms with Gasteiger partial charge in [0.2, 0.25) is 0 Å². The van der Waals surface area contributed by atoms with E-state index in [0.29, 0.717) is 6.54 Å². The highest BCUT2D eigenvalue weighted by molar-refractivity contribution is 5.67. The van der Waals surface area contributed by atoms with Crippen LogP contribution in [-0.4, -0.2) is 17.6 Å². The molecule has 1 heterocycles. The Morgan fingerprint density at radius 1 is 1.24 bits per heavy atom. The normalized spacial score (nSPS) is 10.9. The summed E-state index contributed by atoms with van der Waals surface area (Å²) in [6, 6.07) is 6.77. The SMILES string of the molecule is CCNCc1cc(F)ccc1-c1cncc(OC(C)C)c1. The van der Waals surface area contributed by atoms with Gasteiger partial charge in [-0.1, -0.05) is 13.0 Å². The van der Waals surface area contributed by atoms with Gasteiger partial charge in [-0.2, -0.15) is 0 Å². The highest BCUT2D eigenvalue weighted by Gasteiger charge is 2.08. The lowest BCUT2D eigenvalue weighted by Crippen LogP contribution is -2.12. The Morgan fingerprint density at radius 3 is 2.76 bits per heavy atom. The molecule has 0 unspecified atom stereocenters. The number of rotatable bonds is 6. The van der Waals surface area contributed by atoms with E-state index in [1.54, 1.807) is 24.5 Å². The van der Waals surface area contributed by atoms with Crippen molar-refractivity contribution in [3.8, 4) is 16.9 Å². The topological polar surface area (TPSA) is 34.2 Å². The van der Waals surface area contributed by atoms with Crippen molar-refractivity contribution in [1.29, 1.82) is 0 Å². The Bertz CT molecular complexity index is 599. The molecule has 0 atom stereocenters. The molecule has 0 aliphatic carbocycles. The fraction of sp³-hybridized carbons (Fsp3) is 0.353. The molecule has 1 aromatic heterocycles. The van der Waals surface area contributed by atoms with E-state index in [2.05, 4.69) is 10.3 Å². The van der Waals surface area contributed by atoms with Gasteiger partial charge in [-0.25, -0.2) is 4.39 Å². The molecule has 1 aromatic carbocycles. The Morgan fingerprint density at radius 2 is 2.05 bits per heavy atom. The van der Waals surface area contributed by atoms with Gasteiger partial charge in [0.05, 0.1) is 12.3 Å². The molecule has 0 radical (unpaired) electrons. The quantitative estimate of drug-likeness (QED) is 0.878. The molecule has 0 amide bonds. The number of halogens is 1. The molecule has 4 heteroatoms. The third-order valence-corrected chi connectivity index (χ3v) is 3.03. The average molecular weight is 288 g/mol. The van der Waals surface area contributed by atoms with Crippen LogP contribution in [0.25, 0.3) is 11.1 Å². The van der Waals surface area contributed by atoms with Crippen molar-refractivity contribution in [3.05, 3.63) is 48.0 Å². The summed E-state index contributed by atoms with van der Waals surface area (Å²) >= 11 is 0. The van der Waals surface area contributed by atoms with Gasteiger partial charge in [0, 0.05) is 18.3 Å². The molecule has 2 rings (SSSR count). The number of nitrogens with one attached hydrogen (secondary N) is 1. The maximum absolute atomic E-state index is 13.5. The average Bonchev–Trinajstić information content (AvgIpc) is 2.44. The van der Waals surface area contributed by atoms with Crippen molar-refractivity contribution in [2.45, 2.75) is 33.4 Å². The first-order chi connectivity index (χ1) is 10.1. The molecule has 3 nitrogen and oxygen atoms in total.